The molecule has 40 heavy (non-hydrogen) atoms. The maximum Gasteiger partial charge on any atom is 0.170 e. The van der Waals surface area contributed by atoms with Crippen molar-refractivity contribution in [3.8, 4) is 23.0 Å². The predicted octanol–water partition coefficient (Wildman–Crippen LogP) is 7.72. The fourth-order valence-corrected chi connectivity index (χ4v) is 5.12. The summed E-state index contributed by atoms with van der Waals surface area (Å²) < 4.78 is 11.9. The molecule has 0 radical (unpaired) electrons. The number of rotatable bonds is 8. The molecule has 0 amide bonds. The maximum atomic E-state index is 13.8. The highest BCUT2D eigenvalue weighted by molar-refractivity contribution is 5.99. The number of ketones is 1. The molecule has 0 aromatic heterocycles. The van der Waals surface area contributed by atoms with Gasteiger partial charge in [0.05, 0.1) is 5.92 Å². The van der Waals surface area contributed by atoms with Crippen molar-refractivity contribution in [1.82, 2.24) is 4.90 Å². The van der Waals surface area contributed by atoms with Crippen LogP contribution in [0.15, 0.2) is 97.1 Å². The molecular formula is C34H36ClNO4. The highest BCUT2D eigenvalue weighted by Gasteiger charge is 2.46. The van der Waals surface area contributed by atoms with Gasteiger partial charge in [-0.05, 0) is 93.0 Å². The molecule has 5 nitrogen and oxygen atoms in total. The van der Waals surface area contributed by atoms with Gasteiger partial charge in [-0.25, -0.2) is 0 Å². The van der Waals surface area contributed by atoms with E-state index in [4.69, 9.17) is 9.47 Å². The number of carbonyl (C=O) groups excluding carboxylic acids is 1. The van der Waals surface area contributed by atoms with Gasteiger partial charge in [0, 0.05) is 18.7 Å². The van der Waals surface area contributed by atoms with Crippen molar-refractivity contribution in [2.24, 2.45) is 5.92 Å². The van der Waals surface area contributed by atoms with Gasteiger partial charge in [-0.1, -0.05) is 54.4 Å². The summed E-state index contributed by atoms with van der Waals surface area (Å²) in [5.41, 5.74) is 2.35. The number of halogens is 1. The molecule has 5 rings (SSSR count). The quantitative estimate of drug-likeness (QED) is 0.225. The highest BCUT2D eigenvalue weighted by Crippen LogP contribution is 2.40. The van der Waals surface area contributed by atoms with Crippen molar-refractivity contribution in [1.29, 1.82) is 0 Å². The minimum atomic E-state index is -1.28. The molecule has 1 fully saturated rings. The Hall–Kier alpha value is -3.64. The van der Waals surface area contributed by atoms with Gasteiger partial charge in [-0.15, -0.1) is 12.4 Å². The third kappa shape index (κ3) is 6.56. The van der Waals surface area contributed by atoms with Crippen LogP contribution in [0.1, 0.15) is 40.4 Å². The van der Waals surface area contributed by atoms with Crippen molar-refractivity contribution in [3.05, 3.63) is 119 Å². The normalized spacial score (nSPS) is 18.9. The van der Waals surface area contributed by atoms with Crippen LogP contribution in [0.5, 0.6) is 23.0 Å². The molecule has 0 spiro atoms. The molecular weight excluding hydrogens is 522 g/mol. The van der Waals surface area contributed by atoms with E-state index in [9.17, 15) is 9.90 Å². The van der Waals surface area contributed by atoms with Gasteiger partial charge in [-0.2, -0.15) is 0 Å². The van der Waals surface area contributed by atoms with Gasteiger partial charge < -0.3 is 19.5 Å². The molecule has 4 aromatic rings. The van der Waals surface area contributed by atoms with Crippen LogP contribution in [0, 0.1) is 19.8 Å². The van der Waals surface area contributed by atoms with Crippen LogP contribution < -0.4 is 9.47 Å². The molecule has 2 atom stereocenters. The number of benzene rings is 4. The Bertz CT molecular complexity index is 1400. The summed E-state index contributed by atoms with van der Waals surface area (Å²) in [4.78, 5) is 16.1. The first-order valence-electron chi connectivity index (χ1n) is 13.5. The van der Waals surface area contributed by atoms with Gasteiger partial charge in [0.15, 0.2) is 5.78 Å². The lowest BCUT2D eigenvalue weighted by Gasteiger charge is -2.44. The van der Waals surface area contributed by atoms with Crippen molar-refractivity contribution in [2.45, 2.75) is 32.8 Å². The Balaban J connectivity index is 0.00000370. The maximum absolute atomic E-state index is 13.8. The third-order valence-corrected chi connectivity index (χ3v) is 7.60. The number of Topliss-reactive ketones (excluding diaryl/α,β-unsaturated/α-hetero) is 1. The van der Waals surface area contributed by atoms with Crippen molar-refractivity contribution >= 4 is 18.2 Å². The molecule has 6 heteroatoms. The Labute approximate surface area is 242 Å². The van der Waals surface area contributed by atoms with Crippen LogP contribution in [0.4, 0.5) is 0 Å². The molecule has 0 aliphatic carbocycles. The molecule has 1 saturated heterocycles. The zero-order valence-corrected chi connectivity index (χ0v) is 24.0. The Morgan fingerprint density at radius 2 is 1.20 bits per heavy atom. The summed E-state index contributed by atoms with van der Waals surface area (Å²) in [6.07, 6.45) is 0.476. The minimum absolute atomic E-state index is 0. The number of piperidine rings is 1. The first-order chi connectivity index (χ1) is 18.8. The minimum Gasteiger partial charge on any atom is -0.457 e. The largest absolute Gasteiger partial charge is 0.457 e. The lowest BCUT2D eigenvalue weighted by atomic mass is 9.72. The molecule has 0 bridgehead atoms. The second-order valence-corrected chi connectivity index (χ2v) is 10.4. The van der Waals surface area contributed by atoms with E-state index >= 15 is 0 Å². The average Bonchev–Trinajstić information content (AvgIpc) is 2.96. The monoisotopic (exact) mass is 557 g/mol. The Morgan fingerprint density at radius 3 is 1.65 bits per heavy atom. The molecule has 4 aromatic carbocycles. The van der Waals surface area contributed by atoms with Crippen LogP contribution in [0.2, 0.25) is 0 Å². The second-order valence-electron chi connectivity index (χ2n) is 10.4. The van der Waals surface area contributed by atoms with Crippen molar-refractivity contribution in [3.63, 3.8) is 0 Å². The Kier molecular flexibility index (Phi) is 9.31. The molecule has 208 valence electrons. The number of hydrogen-bond acceptors (Lipinski definition) is 5. The van der Waals surface area contributed by atoms with Crippen molar-refractivity contribution in [2.75, 3.05) is 19.6 Å². The lowest BCUT2D eigenvalue weighted by Crippen LogP contribution is -2.53. The molecule has 0 saturated carbocycles. The van der Waals surface area contributed by atoms with Gasteiger partial charge in [0.1, 0.15) is 28.6 Å². The number of carbonyl (C=O) groups is 1. The van der Waals surface area contributed by atoms with E-state index in [1.54, 1.807) is 12.1 Å². The van der Waals surface area contributed by atoms with Gasteiger partial charge in [-0.3, -0.25) is 4.79 Å². The lowest BCUT2D eigenvalue weighted by molar-refractivity contribution is -0.0632. The van der Waals surface area contributed by atoms with Gasteiger partial charge in [0.2, 0.25) is 0 Å². The summed E-state index contributed by atoms with van der Waals surface area (Å²) in [5.74, 6) is 2.18. The number of aliphatic hydroxyl groups is 1. The van der Waals surface area contributed by atoms with E-state index in [-0.39, 0.29) is 18.2 Å². The van der Waals surface area contributed by atoms with Crippen LogP contribution in [0.3, 0.4) is 0 Å². The smallest absolute Gasteiger partial charge is 0.170 e. The predicted molar refractivity (Wildman–Crippen MR) is 161 cm³/mol. The van der Waals surface area contributed by atoms with E-state index in [0.717, 1.165) is 35.7 Å². The SMILES string of the molecule is CCN1CCC(O)(c2ccc(Oc3ccc(C)cc3)cc2)C(C(=O)c2ccc(Oc3ccc(C)cc3)cc2)C1.Cl. The topological polar surface area (TPSA) is 59.0 Å². The van der Waals surface area contributed by atoms with E-state index in [0.29, 0.717) is 30.0 Å². The van der Waals surface area contributed by atoms with E-state index < -0.39 is 11.5 Å². The summed E-state index contributed by atoms with van der Waals surface area (Å²) >= 11 is 0. The summed E-state index contributed by atoms with van der Waals surface area (Å²) in [6, 6.07) is 30.4. The number of nitrogens with zero attached hydrogens (tertiary/aromatic N) is 1. The summed E-state index contributed by atoms with van der Waals surface area (Å²) in [5, 5.41) is 12.0. The fraction of sp³-hybridized carbons (Fsp3) is 0.265. The van der Waals surface area contributed by atoms with Crippen molar-refractivity contribution < 1.29 is 19.4 Å². The zero-order valence-electron chi connectivity index (χ0n) is 23.2. The number of likely N-dealkylation sites (tertiary alicyclic amines) is 1. The highest BCUT2D eigenvalue weighted by atomic mass is 35.5. The first-order valence-corrected chi connectivity index (χ1v) is 13.5. The van der Waals surface area contributed by atoms with Crippen LogP contribution >= 0.6 is 12.4 Å². The number of ether oxygens (including phenoxy) is 2. The first kappa shape index (κ1) is 29.3. The number of aryl methyl sites for hydroxylation is 2. The second kappa shape index (κ2) is 12.7. The standard InChI is InChI=1S/C34H35NO4.ClH/c1-4-35-22-21-34(37,27-11-19-31(20-12-27)39-29-15-7-25(3)8-16-29)32(23-35)33(36)26-9-17-30(18-10-26)38-28-13-5-24(2)6-14-28;/h5-20,32,37H,4,21-23H2,1-3H3;1H. The van der Waals surface area contributed by atoms with Crippen LogP contribution in [-0.4, -0.2) is 35.4 Å². The van der Waals surface area contributed by atoms with E-state index in [2.05, 4.69) is 11.8 Å². The molecule has 1 aliphatic rings. The van der Waals surface area contributed by atoms with Gasteiger partial charge >= 0.3 is 0 Å². The van der Waals surface area contributed by atoms with Crippen LogP contribution in [0.25, 0.3) is 0 Å². The summed E-state index contributed by atoms with van der Waals surface area (Å²) in [7, 11) is 0. The number of hydrogen-bond donors (Lipinski definition) is 1. The molecule has 2 unspecified atom stereocenters. The van der Waals surface area contributed by atoms with E-state index in [1.807, 2.05) is 98.8 Å². The fourth-order valence-electron chi connectivity index (χ4n) is 5.12. The molecule has 1 N–H and O–H groups in total. The third-order valence-electron chi connectivity index (χ3n) is 7.60. The van der Waals surface area contributed by atoms with Gasteiger partial charge in [0.25, 0.3) is 0 Å². The Morgan fingerprint density at radius 1 is 0.775 bits per heavy atom. The molecule has 1 aliphatic heterocycles. The molecule has 1 heterocycles. The van der Waals surface area contributed by atoms with Crippen LogP contribution in [-0.2, 0) is 5.60 Å². The summed E-state index contributed by atoms with van der Waals surface area (Å²) in [6.45, 7) is 8.20. The van der Waals surface area contributed by atoms with E-state index in [1.165, 1.54) is 5.56 Å². The zero-order chi connectivity index (χ0) is 27.4. The average molecular weight is 558 g/mol.